The fraction of sp³-hybridized carbons (Fsp3) is 0.429. The highest BCUT2D eigenvalue weighted by Gasteiger charge is 2.30. The van der Waals surface area contributed by atoms with Crippen LogP contribution < -0.4 is 15.3 Å². The molecule has 0 saturated carbocycles. The van der Waals surface area contributed by atoms with E-state index in [9.17, 15) is 14.4 Å². The van der Waals surface area contributed by atoms with E-state index in [1.165, 1.54) is 6.20 Å². The highest BCUT2D eigenvalue weighted by molar-refractivity contribution is 7.13. The van der Waals surface area contributed by atoms with Gasteiger partial charge in [0.25, 0.3) is 6.01 Å². The van der Waals surface area contributed by atoms with Gasteiger partial charge >= 0.3 is 18.1 Å². The summed E-state index contributed by atoms with van der Waals surface area (Å²) in [7, 11) is 0. The minimum atomic E-state index is -0.791. The van der Waals surface area contributed by atoms with Crippen molar-refractivity contribution in [1.82, 2.24) is 15.3 Å². The number of nitrogens with zero attached hydrogens (tertiary/aromatic N) is 4. The van der Waals surface area contributed by atoms with Gasteiger partial charge in [-0.2, -0.15) is 0 Å². The van der Waals surface area contributed by atoms with Crippen LogP contribution in [0.1, 0.15) is 52.1 Å². The molecular weight excluding hydrogens is 534 g/mol. The molecule has 3 amide bonds. The van der Waals surface area contributed by atoms with Crippen molar-refractivity contribution >= 4 is 41.1 Å². The van der Waals surface area contributed by atoms with Crippen molar-refractivity contribution < 1.29 is 28.3 Å². The Hall–Kier alpha value is -4.06. The van der Waals surface area contributed by atoms with Gasteiger partial charge in [-0.15, -0.1) is 11.3 Å². The SMILES string of the molecule is CC(C)(C)OC(=O)NN(C(=O)c1cnc(N2CCN(C(=O)OC(C)(C)C)CC2)o1)c1cccc(-c2cccs2)c1. The Kier molecular flexibility index (Phi) is 8.38. The molecule has 12 heteroatoms. The fourth-order valence-electron chi connectivity index (χ4n) is 3.89. The molecule has 2 aromatic heterocycles. The summed E-state index contributed by atoms with van der Waals surface area (Å²) in [5.74, 6) is -0.692. The first-order valence-corrected chi connectivity index (χ1v) is 13.8. The van der Waals surface area contributed by atoms with Gasteiger partial charge in [-0.25, -0.2) is 25.0 Å². The number of carbonyl (C=O) groups is 3. The van der Waals surface area contributed by atoms with Gasteiger partial charge in [0.15, 0.2) is 0 Å². The average molecular weight is 570 g/mol. The zero-order valence-corrected chi connectivity index (χ0v) is 24.4. The molecule has 4 rings (SSSR count). The topological polar surface area (TPSA) is 117 Å². The molecular formula is C28H35N5O6S. The van der Waals surface area contributed by atoms with Crippen molar-refractivity contribution in [2.75, 3.05) is 36.1 Å². The Morgan fingerprint density at radius 3 is 2.30 bits per heavy atom. The summed E-state index contributed by atoms with van der Waals surface area (Å²) in [5.41, 5.74) is 2.52. The van der Waals surface area contributed by atoms with E-state index in [2.05, 4.69) is 10.4 Å². The number of oxazole rings is 1. The number of rotatable bonds is 4. The summed E-state index contributed by atoms with van der Waals surface area (Å²) in [6.45, 7) is 12.4. The summed E-state index contributed by atoms with van der Waals surface area (Å²) in [6.07, 6.45) is 0.162. The lowest BCUT2D eigenvalue weighted by Crippen LogP contribution is -2.50. The lowest BCUT2D eigenvalue weighted by atomic mass is 10.1. The molecule has 3 heterocycles. The number of hydrogen-bond acceptors (Lipinski definition) is 9. The first-order valence-electron chi connectivity index (χ1n) is 13.0. The van der Waals surface area contributed by atoms with Crippen molar-refractivity contribution in [2.45, 2.75) is 52.7 Å². The predicted octanol–water partition coefficient (Wildman–Crippen LogP) is 5.55. The van der Waals surface area contributed by atoms with Crippen molar-refractivity contribution in [3.63, 3.8) is 0 Å². The minimum Gasteiger partial charge on any atom is -0.444 e. The van der Waals surface area contributed by atoms with Crippen LogP contribution in [0.3, 0.4) is 0 Å². The van der Waals surface area contributed by atoms with Crippen LogP contribution in [0.4, 0.5) is 21.3 Å². The molecule has 11 nitrogen and oxygen atoms in total. The number of carbonyl (C=O) groups excluding carboxylic acids is 3. The van der Waals surface area contributed by atoms with Crippen LogP contribution in [0.25, 0.3) is 10.4 Å². The summed E-state index contributed by atoms with van der Waals surface area (Å²) in [6, 6.07) is 11.4. The zero-order valence-electron chi connectivity index (χ0n) is 23.6. The number of ether oxygens (including phenoxy) is 2. The van der Waals surface area contributed by atoms with E-state index >= 15 is 0 Å². The third kappa shape index (κ3) is 7.53. The molecule has 0 spiro atoms. The molecule has 214 valence electrons. The smallest absolute Gasteiger partial charge is 0.427 e. The normalized spacial score (nSPS) is 14.1. The van der Waals surface area contributed by atoms with Gasteiger partial charge in [-0.05, 0) is 70.7 Å². The van der Waals surface area contributed by atoms with Crippen LogP contribution in [0.2, 0.25) is 0 Å². The lowest BCUT2D eigenvalue weighted by Gasteiger charge is -2.34. The van der Waals surface area contributed by atoms with Crippen LogP contribution in [0.5, 0.6) is 0 Å². The van der Waals surface area contributed by atoms with Gasteiger partial charge in [0.05, 0.1) is 11.9 Å². The maximum Gasteiger partial charge on any atom is 0.427 e. The first kappa shape index (κ1) is 28.9. The molecule has 1 fully saturated rings. The Morgan fingerprint density at radius 2 is 1.68 bits per heavy atom. The summed E-state index contributed by atoms with van der Waals surface area (Å²) >= 11 is 1.56. The average Bonchev–Trinajstić information content (AvgIpc) is 3.58. The number of benzene rings is 1. The molecule has 1 N–H and O–H groups in total. The van der Waals surface area contributed by atoms with E-state index < -0.39 is 23.2 Å². The van der Waals surface area contributed by atoms with Crippen molar-refractivity contribution in [3.05, 3.63) is 53.7 Å². The van der Waals surface area contributed by atoms with Crippen molar-refractivity contribution in [1.29, 1.82) is 0 Å². The van der Waals surface area contributed by atoms with Gasteiger partial charge in [-0.1, -0.05) is 18.2 Å². The monoisotopic (exact) mass is 569 g/mol. The molecule has 0 unspecified atom stereocenters. The van der Waals surface area contributed by atoms with Crippen molar-refractivity contribution in [3.8, 4) is 10.4 Å². The Labute approximate surface area is 237 Å². The van der Waals surface area contributed by atoms with Gasteiger partial charge < -0.3 is 23.7 Å². The molecule has 0 radical (unpaired) electrons. The van der Waals surface area contributed by atoms with E-state index in [1.807, 2.05) is 49.3 Å². The number of aromatic nitrogens is 1. The third-order valence-corrected chi connectivity index (χ3v) is 6.54. The van der Waals surface area contributed by atoms with E-state index in [0.29, 0.717) is 31.9 Å². The number of amides is 3. The van der Waals surface area contributed by atoms with E-state index in [4.69, 9.17) is 13.9 Å². The maximum atomic E-state index is 13.7. The number of nitrogens with one attached hydrogen (secondary N) is 1. The zero-order chi connectivity index (χ0) is 29.1. The van der Waals surface area contributed by atoms with E-state index in [1.54, 1.807) is 55.2 Å². The second-order valence-corrected chi connectivity index (χ2v) is 12.2. The Balaban J connectivity index is 1.51. The van der Waals surface area contributed by atoms with Crippen LogP contribution in [-0.4, -0.2) is 65.4 Å². The molecule has 40 heavy (non-hydrogen) atoms. The van der Waals surface area contributed by atoms with E-state index in [0.717, 1.165) is 15.4 Å². The molecule has 1 aromatic carbocycles. The molecule has 0 atom stereocenters. The molecule has 1 saturated heterocycles. The fourth-order valence-corrected chi connectivity index (χ4v) is 4.62. The van der Waals surface area contributed by atoms with Crippen LogP contribution in [0, 0.1) is 0 Å². The summed E-state index contributed by atoms with van der Waals surface area (Å²) < 4.78 is 16.7. The quantitative estimate of drug-likeness (QED) is 0.407. The van der Waals surface area contributed by atoms with E-state index in [-0.39, 0.29) is 17.9 Å². The molecule has 0 aliphatic carbocycles. The number of hydrazine groups is 1. The maximum absolute atomic E-state index is 13.7. The van der Waals surface area contributed by atoms with Gasteiger partial charge in [0, 0.05) is 31.1 Å². The highest BCUT2D eigenvalue weighted by Crippen LogP contribution is 2.29. The number of piperazine rings is 1. The number of hydrogen-bond donors (Lipinski definition) is 1. The van der Waals surface area contributed by atoms with Crippen LogP contribution in [0.15, 0.2) is 52.4 Å². The second kappa shape index (κ2) is 11.6. The molecule has 1 aliphatic heterocycles. The molecule has 3 aromatic rings. The van der Waals surface area contributed by atoms with Gasteiger partial charge in [0.1, 0.15) is 11.2 Å². The highest BCUT2D eigenvalue weighted by atomic mass is 32.1. The van der Waals surface area contributed by atoms with Crippen LogP contribution in [-0.2, 0) is 9.47 Å². The van der Waals surface area contributed by atoms with Gasteiger partial charge in [0.2, 0.25) is 5.76 Å². The van der Waals surface area contributed by atoms with Crippen LogP contribution >= 0.6 is 11.3 Å². The Morgan fingerprint density at radius 1 is 0.975 bits per heavy atom. The Bertz CT molecular complexity index is 1330. The predicted molar refractivity (Wildman–Crippen MR) is 152 cm³/mol. The standard InChI is InChI=1S/C28H35N5O6S/c1-27(2,3)38-25(35)30-33(20-10-7-9-19(17-20)22-11-8-16-40-22)23(34)21-18-29-24(37-21)31-12-14-32(15-13-31)26(36)39-28(4,5)6/h7-11,16-18H,12-15H2,1-6H3,(H,30,35). The number of anilines is 2. The third-order valence-electron chi connectivity index (χ3n) is 5.62. The second-order valence-electron chi connectivity index (χ2n) is 11.2. The lowest BCUT2D eigenvalue weighted by molar-refractivity contribution is 0.0238. The minimum absolute atomic E-state index is 0.0674. The summed E-state index contributed by atoms with van der Waals surface area (Å²) in [5, 5.41) is 3.06. The first-order chi connectivity index (χ1) is 18.8. The number of thiophene rings is 1. The van der Waals surface area contributed by atoms with Crippen molar-refractivity contribution in [2.24, 2.45) is 0 Å². The van der Waals surface area contributed by atoms with Gasteiger partial charge in [-0.3, -0.25) is 4.79 Å². The summed E-state index contributed by atoms with van der Waals surface area (Å²) in [4.78, 5) is 47.5. The largest absolute Gasteiger partial charge is 0.444 e. The molecule has 1 aliphatic rings. The molecule has 0 bridgehead atoms.